The van der Waals surface area contributed by atoms with E-state index in [-0.39, 0.29) is 5.91 Å². The zero-order chi connectivity index (χ0) is 17.7. The van der Waals surface area contributed by atoms with Crippen molar-refractivity contribution in [3.8, 4) is 0 Å². The molecule has 1 heterocycles. The van der Waals surface area contributed by atoms with Crippen molar-refractivity contribution in [2.45, 2.75) is 45.4 Å². The van der Waals surface area contributed by atoms with Crippen molar-refractivity contribution in [3.05, 3.63) is 54.2 Å². The predicted molar refractivity (Wildman–Crippen MR) is 106 cm³/mol. The number of hydrogen-bond acceptors (Lipinski definition) is 2. The molecule has 0 aromatic heterocycles. The summed E-state index contributed by atoms with van der Waals surface area (Å²) in [4.78, 5) is 16.5. The number of amides is 1. The van der Waals surface area contributed by atoms with Gasteiger partial charge in [-0.15, -0.1) is 0 Å². The smallest absolute Gasteiger partial charge is 0.246 e. The molecule has 0 aliphatic carbocycles. The first-order valence-corrected chi connectivity index (χ1v) is 9.72. The van der Waals surface area contributed by atoms with Gasteiger partial charge in [-0.1, -0.05) is 69.0 Å². The van der Waals surface area contributed by atoms with E-state index in [0.29, 0.717) is 0 Å². The molecule has 0 saturated carbocycles. The summed E-state index contributed by atoms with van der Waals surface area (Å²) in [5.74, 6) is 0.167. The maximum absolute atomic E-state index is 12.2. The van der Waals surface area contributed by atoms with E-state index >= 15 is 0 Å². The monoisotopic (exact) mass is 340 g/mol. The van der Waals surface area contributed by atoms with E-state index in [9.17, 15) is 4.79 Å². The number of benzene rings is 1. The van der Waals surface area contributed by atoms with Gasteiger partial charge in [-0.05, 0) is 36.8 Å². The first-order valence-electron chi connectivity index (χ1n) is 9.72. The lowest BCUT2D eigenvalue weighted by molar-refractivity contribution is -0.127. The predicted octanol–water partition coefficient (Wildman–Crippen LogP) is 4.72. The minimum Gasteiger partial charge on any atom is -0.374 e. The summed E-state index contributed by atoms with van der Waals surface area (Å²) in [6, 6.07) is 10.3. The lowest BCUT2D eigenvalue weighted by Gasteiger charge is -2.33. The number of rotatable bonds is 9. The molecule has 1 aliphatic rings. The highest BCUT2D eigenvalue weighted by molar-refractivity contribution is 5.87. The summed E-state index contributed by atoms with van der Waals surface area (Å²) >= 11 is 0. The van der Waals surface area contributed by atoms with Gasteiger partial charge in [0.25, 0.3) is 0 Å². The fourth-order valence-corrected chi connectivity index (χ4v) is 3.00. The Morgan fingerprint density at radius 1 is 1.00 bits per heavy atom. The molecule has 0 radical (unpaired) electrons. The third-order valence-electron chi connectivity index (χ3n) is 4.64. The molecular formula is C22H32N2O. The van der Waals surface area contributed by atoms with Crippen LogP contribution in [0.5, 0.6) is 0 Å². The molecule has 1 aromatic carbocycles. The second-order valence-corrected chi connectivity index (χ2v) is 6.69. The lowest BCUT2D eigenvalue weighted by Crippen LogP contribution is -2.46. The van der Waals surface area contributed by atoms with E-state index in [1.54, 1.807) is 6.08 Å². The van der Waals surface area contributed by atoms with Crippen LogP contribution in [0, 0.1) is 0 Å². The van der Waals surface area contributed by atoms with Crippen molar-refractivity contribution in [1.82, 2.24) is 9.80 Å². The minimum absolute atomic E-state index is 0.167. The molecule has 0 atom stereocenters. The Morgan fingerprint density at radius 2 is 1.72 bits per heavy atom. The topological polar surface area (TPSA) is 23.6 Å². The molecule has 3 heteroatoms. The van der Waals surface area contributed by atoms with E-state index < -0.39 is 0 Å². The third kappa shape index (κ3) is 7.59. The Bertz CT molecular complexity index is 542. The van der Waals surface area contributed by atoms with Crippen molar-refractivity contribution in [2.24, 2.45) is 0 Å². The minimum atomic E-state index is 0.167. The summed E-state index contributed by atoms with van der Waals surface area (Å²) in [5.41, 5.74) is 1.21. The van der Waals surface area contributed by atoms with Gasteiger partial charge < -0.3 is 9.80 Å². The molecule has 0 spiro atoms. The molecule has 3 nitrogen and oxygen atoms in total. The quantitative estimate of drug-likeness (QED) is 0.480. The van der Waals surface area contributed by atoms with Crippen LogP contribution in [0.3, 0.4) is 0 Å². The van der Waals surface area contributed by atoms with Crippen LogP contribution in [0.15, 0.2) is 48.7 Å². The Labute approximate surface area is 153 Å². The molecule has 1 amide bonds. The van der Waals surface area contributed by atoms with Crippen LogP contribution in [0.2, 0.25) is 0 Å². The van der Waals surface area contributed by atoms with Crippen LogP contribution in [-0.4, -0.2) is 41.9 Å². The molecule has 0 bridgehead atoms. The van der Waals surface area contributed by atoms with Gasteiger partial charge in [0.05, 0.1) is 0 Å². The molecule has 1 aromatic rings. The first-order chi connectivity index (χ1) is 12.3. The molecule has 136 valence electrons. The van der Waals surface area contributed by atoms with Crippen molar-refractivity contribution in [1.29, 1.82) is 0 Å². The lowest BCUT2D eigenvalue weighted by atomic mass is 10.1. The average Bonchev–Trinajstić information content (AvgIpc) is 2.67. The highest BCUT2D eigenvalue weighted by atomic mass is 16.2. The normalized spacial score (nSPS) is 15.4. The van der Waals surface area contributed by atoms with Crippen molar-refractivity contribution < 1.29 is 4.79 Å². The zero-order valence-corrected chi connectivity index (χ0v) is 15.6. The van der Waals surface area contributed by atoms with E-state index in [4.69, 9.17) is 0 Å². The number of carbonyl (C=O) groups is 1. The molecule has 1 aliphatic heterocycles. The Kier molecular flexibility index (Phi) is 8.89. The molecule has 25 heavy (non-hydrogen) atoms. The van der Waals surface area contributed by atoms with Crippen molar-refractivity contribution in [2.75, 3.05) is 26.2 Å². The second-order valence-electron chi connectivity index (χ2n) is 6.69. The van der Waals surface area contributed by atoms with Crippen LogP contribution in [0.4, 0.5) is 0 Å². The number of hydrogen-bond donors (Lipinski definition) is 0. The van der Waals surface area contributed by atoms with Crippen LogP contribution in [-0.2, 0) is 4.79 Å². The Morgan fingerprint density at radius 3 is 2.44 bits per heavy atom. The van der Waals surface area contributed by atoms with Gasteiger partial charge in [-0.25, -0.2) is 0 Å². The van der Waals surface area contributed by atoms with Crippen LogP contribution in [0.25, 0.3) is 6.08 Å². The van der Waals surface area contributed by atoms with E-state index in [0.717, 1.165) is 32.6 Å². The standard InChI is InChI=1S/C22H32N2O/c1-2-3-4-5-6-7-11-14-22(25)24-19-17-23(18-20-24)16-15-21-12-9-8-10-13-21/h8-16H,2-7,17-20H2,1H3/b14-11+,16-15?. The summed E-state index contributed by atoms with van der Waals surface area (Å²) in [7, 11) is 0. The molecule has 1 saturated heterocycles. The van der Waals surface area contributed by atoms with Crippen LogP contribution >= 0.6 is 0 Å². The number of allylic oxidation sites excluding steroid dienone is 1. The van der Waals surface area contributed by atoms with Gasteiger partial charge in [0.1, 0.15) is 0 Å². The van der Waals surface area contributed by atoms with Crippen molar-refractivity contribution >= 4 is 12.0 Å². The van der Waals surface area contributed by atoms with E-state index in [2.05, 4.69) is 42.3 Å². The molecule has 1 fully saturated rings. The fourth-order valence-electron chi connectivity index (χ4n) is 3.00. The van der Waals surface area contributed by atoms with Gasteiger partial charge in [-0.3, -0.25) is 4.79 Å². The highest BCUT2D eigenvalue weighted by Crippen LogP contribution is 2.08. The summed E-state index contributed by atoms with van der Waals surface area (Å²) < 4.78 is 0. The maximum Gasteiger partial charge on any atom is 0.246 e. The van der Waals surface area contributed by atoms with E-state index in [1.807, 2.05) is 23.1 Å². The van der Waals surface area contributed by atoms with Crippen LogP contribution < -0.4 is 0 Å². The van der Waals surface area contributed by atoms with Gasteiger partial charge in [0, 0.05) is 26.2 Å². The molecule has 2 rings (SSSR count). The van der Waals surface area contributed by atoms with Gasteiger partial charge >= 0.3 is 0 Å². The Hall–Kier alpha value is -2.03. The molecule has 0 N–H and O–H groups in total. The molecular weight excluding hydrogens is 308 g/mol. The first kappa shape index (κ1) is 19.3. The van der Waals surface area contributed by atoms with Crippen LogP contribution in [0.1, 0.15) is 51.0 Å². The van der Waals surface area contributed by atoms with E-state index in [1.165, 1.54) is 37.7 Å². The Balaban J connectivity index is 1.64. The number of unbranched alkanes of at least 4 members (excludes halogenated alkanes) is 5. The fraction of sp³-hybridized carbons (Fsp3) is 0.500. The molecule has 0 unspecified atom stereocenters. The maximum atomic E-state index is 12.2. The summed E-state index contributed by atoms with van der Waals surface area (Å²) in [5, 5.41) is 0. The zero-order valence-electron chi connectivity index (χ0n) is 15.6. The number of carbonyl (C=O) groups excluding carboxylic acids is 1. The second kappa shape index (κ2) is 11.5. The third-order valence-corrected chi connectivity index (χ3v) is 4.64. The largest absolute Gasteiger partial charge is 0.374 e. The number of piperazine rings is 1. The highest BCUT2D eigenvalue weighted by Gasteiger charge is 2.17. The van der Waals surface area contributed by atoms with Gasteiger partial charge in [0.15, 0.2) is 0 Å². The summed E-state index contributed by atoms with van der Waals surface area (Å²) in [6.45, 7) is 5.65. The van der Waals surface area contributed by atoms with Gasteiger partial charge in [0.2, 0.25) is 5.91 Å². The van der Waals surface area contributed by atoms with Crippen molar-refractivity contribution in [3.63, 3.8) is 0 Å². The number of nitrogens with zero attached hydrogens (tertiary/aromatic N) is 2. The average molecular weight is 341 g/mol. The summed E-state index contributed by atoms with van der Waals surface area (Å²) in [6.07, 6.45) is 15.5. The van der Waals surface area contributed by atoms with Gasteiger partial charge in [-0.2, -0.15) is 0 Å². The SMILES string of the molecule is CCCCCCC/C=C/C(=O)N1CCN(C=Cc2ccccc2)CC1.